The molecule has 0 unspecified atom stereocenters. The van der Waals surface area contributed by atoms with Crippen LogP contribution in [-0.2, 0) is 0 Å². The fourth-order valence-electron chi connectivity index (χ4n) is 5.28. The van der Waals surface area contributed by atoms with Crippen molar-refractivity contribution < 1.29 is 46.6 Å². The molecular formula is C28H12Li2O2. The van der Waals surface area contributed by atoms with Crippen LogP contribution in [0, 0.1) is 12.1 Å². The van der Waals surface area contributed by atoms with Crippen LogP contribution < -0.4 is 37.7 Å². The Morgan fingerprint density at radius 3 is 1.31 bits per heavy atom. The molecule has 4 heteroatoms. The molecule has 6 aromatic rings. The molecule has 6 aromatic carbocycles. The van der Waals surface area contributed by atoms with Crippen LogP contribution in [0.5, 0.6) is 0 Å². The minimum atomic E-state index is 0. The van der Waals surface area contributed by atoms with Crippen molar-refractivity contribution in [2.75, 3.05) is 0 Å². The van der Waals surface area contributed by atoms with Crippen LogP contribution in [0.4, 0.5) is 0 Å². The van der Waals surface area contributed by atoms with Gasteiger partial charge in [0.2, 0.25) is 0 Å². The molecule has 8 rings (SSSR count). The van der Waals surface area contributed by atoms with E-state index in [1.165, 1.54) is 0 Å². The van der Waals surface area contributed by atoms with Gasteiger partial charge in [0.05, 0.1) is 0 Å². The van der Waals surface area contributed by atoms with E-state index in [0.29, 0.717) is 0 Å². The fourth-order valence-corrected chi connectivity index (χ4v) is 5.28. The van der Waals surface area contributed by atoms with Gasteiger partial charge in [-0.05, 0) is 21.9 Å². The third kappa shape index (κ3) is 2.24. The molecule has 2 nitrogen and oxygen atoms in total. The summed E-state index contributed by atoms with van der Waals surface area (Å²) in [6.45, 7) is 0. The monoisotopic (exact) mass is 394 g/mol. The Labute approximate surface area is 207 Å². The summed E-state index contributed by atoms with van der Waals surface area (Å²) in [5.74, 6) is 0. The van der Waals surface area contributed by atoms with Crippen LogP contribution in [0.1, 0.15) is 0 Å². The zero-order valence-electron chi connectivity index (χ0n) is 17.7. The molecular weight excluding hydrogens is 382 g/mol. The number of hydrogen-bond donors (Lipinski definition) is 0. The summed E-state index contributed by atoms with van der Waals surface area (Å²) in [6, 6.07) is 31.7. The molecule has 0 radical (unpaired) electrons. The molecule has 0 spiro atoms. The zero-order chi connectivity index (χ0) is 19.4. The van der Waals surface area contributed by atoms with E-state index in [4.69, 9.17) is 8.83 Å². The van der Waals surface area contributed by atoms with Crippen molar-refractivity contribution in [3.05, 3.63) is 84.9 Å². The van der Waals surface area contributed by atoms with Crippen molar-refractivity contribution in [1.82, 2.24) is 0 Å². The zero-order valence-corrected chi connectivity index (χ0v) is 17.7. The molecule has 2 aliphatic heterocycles. The molecule has 0 saturated carbocycles. The van der Waals surface area contributed by atoms with Crippen molar-refractivity contribution in [1.29, 1.82) is 0 Å². The van der Waals surface area contributed by atoms with Gasteiger partial charge in [-0.25, -0.2) is 0 Å². The van der Waals surface area contributed by atoms with Gasteiger partial charge in [-0.3, -0.25) is 0 Å². The minimum absolute atomic E-state index is 0. The second-order valence-electron chi connectivity index (χ2n) is 7.89. The van der Waals surface area contributed by atoms with Gasteiger partial charge in [-0.1, -0.05) is 59.3 Å². The topological polar surface area (TPSA) is 26.3 Å². The van der Waals surface area contributed by atoms with Gasteiger partial charge in [0, 0.05) is 21.9 Å². The van der Waals surface area contributed by atoms with Crippen LogP contribution in [0.25, 0.3) is 76.5 Å². The number of hydrogen-bond acceptors (Lipinski definition) is 2. The quantitative estimate of drug-likeness (QED) is 0.170. The molecule has 2 aliphatic rings. The molecule has 138 valence electrons. The van der Waals surface area contributed by atoms with Crippen molar-refractivity contribution in [3.8, 4) is 11.1 Å². The average molecular weight is 394 g/mol. The second kappa shape index (κ2) is 6.82. The van der Waals surface area contributed by atoms with E-state index in [1.54, 1.807) is 0 Å². The first-order valence-corrected chi connectivity index (χ1v) is 10.0. The van der Waals surface area contributed by atoms with Crippen LogP contribution in [0.2, 0.25) is 0 Å². The molecule has 0 bridgehead atoms. The van der Waals surface area contributed by atoms with E-state index in [-0.39, 0.29) is 37.7 Å². The number of rotatable bonds is 0. The summed E-state index contributed by atoms with van der Waals surface area (Å²) in [5.41, 5.74) is 5.52. The van der Waals surface area contributed by atoms with E-state index < -0.39 is 0 Å². The Bertz CT molecular complexity index is 1770. The van der Waals surface area contributed by atoms with Gasteiger partial charge < -0.3 is 8.83 Å². The van der Waals surface area contributed by atoms with Crippen LogP contribution >= 0.6 is 0 Å². The van der Waals surface area contributed by atoms with E-state index >= 15 is 0 Å². The summed E-state index contributed by atoms with van der Waals surface area (Å²) in [7, 11) is 0. The second-order valence-corrected chi connectivity index (χ2v) is 7.89. The van der Waals surface area contributed by atoms with E-state index in [2.05, 4.69) is 72.8 Å². The van der Waals surface area contributed by atoms with E-state index in [9.17, 15) is 0 Å². The molecule has 32 heavy (non-hydrogen) atoms. The minimum Gasteiger partial charge on any atom is -0.483 e. The molecule has 0 saturated heterocycles. The SMILES string of the molecule is [Li+].[Li+].[c-]1ccc2c3ccccc3c3oc4[c-]ccc5c6ccccc6c6oc1c2c3-c6c45. The van der Waals surface area contributed by atoms with Crippen molar-refractivity contribution in [2.45, 2.75) is 0 Å². The Morgan fingerprint density at radius 1 is 0.469 bits per heavy atom. The third-order valence-electron chi connectivity index (χ3n) is 6.46. The van der Waals surface area contributed by atoms with Crippen molar-refractivity contribution in [3.63, 3.8) is 0 Å². The van der Waals surface area contributed by atoms with Crippen molar-refractivity contribution >= 4 is 65.4 Å². The van der Waals surface area contributed by atoms with Gasteiger partial charge in [0.1, 0.15) is 11.2 Å². The van der Waals surface area contributed by atoms with Crippen LogP contribution in [-0.4, -0.2) is 0 Å². The maximum Gasteiger partial charge on any atom is 1.00 e. The fraction of sp³-hybridized carbons (Fsp3) is 0. The standard InChI is InChI=1S/C28H12O2.2Li/c1-3-9-19-15(7-1)17-11-5-13-21-23(17)25-26-24-18(12-6-14-22(24)29-27(19)25)16-8-2-4-10-20(16)28(26)30-21;;/h1-12H;;/q-2;2*+1. The van der Waals surface area contributed by atoms with Gasteiger partial charge in [0.15, 0.2) is 0 Å². The van der Waals surface area contributed by atoms with Gasteiger partial charge in [0.25, 0.3) is 0 Å². The summed E-state index contributed by atoms with van der Waals surface area (Å²) in [4.78, 5) is 0. The van der Waals surface area contributed by atoms with E-state index in [0.717, 1.165) is 76.5 Å². The molecule has 0 fully saturated rings. The average Bonchev–Trinajstić information content (AvgIpc) is 2.82. The Morgan fingerprint density at radius 2 is 0.875 bits per heavy atom. The molecule has 0 atom stereocenters. The first-order valence-electron chi connectivity index (χ1n) is 10.0. The Kier molecular flexibility index (Phi) is 4.23. The summed E-state index contributed by atoms with van der Waals surface area (Å²) in [6.07, 6.45) is 0. The Hall–Kier alpha value is -2.85. The maximum atomic E-state index is 6.58. The van der Waals surface area contributed by atoms with Gasteiger partial charge in [-0.15, -0.1) is 22.9 Å². The summed E-state index contributed by atoms with van der Waals surface area (Å²) < 4.78 is 13.2. The smallest absolute Gasteiger partial charge is 0.483 e. The summed E-state index contributed by atoms with van der Waals surface area (Å²) >= 11 is 0. The first-order chi connectivity index (χ1) is 14.9. The van der Waals surface area contributed by atoms with E-state index in [1.807, 2.05) is 12.1 Å². The Balaban J connectivity index is 0.000000978. The molecule has 0 N–H and O–H groups in total. The maximum absolute atomic E-state index is 6.58. The predicted octanol–water partition coefficient (Wildman–Crippen LogP) is 1.94. The first kappa shape index (κ1) is 19.8. The molecule has 0 amide bonds. The normalized spacial score (nSPS) is 11.9. The van der Waals surface area contributed by atoms with Gasteiger partial charge in [-0.2, -0.15) is 24.3 Å². The molecule has 0 aromatic heterocycles. The largest absolute Gasteiger partial charge is 1.00 e. The predicted molar refractivity (Wildman–Crippen MR) is 121 cm³/mol. The van der Waals surface area contributed by atoms with Crippen molar-refractivity contribution in [2.24, 2.45) is 0 Å². The summed E-state index contributed by atoms with van der Waals surface area (Å²) in [5, 5.41) is 9.00. The third-order valence-corrected chi connectivity index (χ3v) is 6.46. The molecule has 2 heterocycles. The number of benzene rings is 6. The van der Waals surface area contributed by atoms with Crippen LogP contribution in [0.3, 0.4) is 0 Å². The molecule has 0 aliphatic carbocycles. The van der Waals surface area contributed by atoms with Crippen LogP contribution in [0.15, 0.2) is 81.6 Å². The number of fused-ring (bicyclic) bond motifs is 6. The van der Waals surface area contributed by atoms with Gasteiger partial charge >= 0.3 is 37.7 Å².